The predicted molar refractivity (Wildman–Crippen MR) is 47.3 cm³/mol. The van der Waals surface area contributed by atoms with Gasteiger partial charge in [-0.3, -0.25) is 4.79 Å². The summed E-state index contributed by atoms with van der Waals surface area (Å²) >= 11 is 1.71. The fourth-order valence-corrected chi connectivity index (χ4v) is 2.26. The third-order valence-corrected chi connectivity index (χ3v) is 3.18. The molecule has 1 N–H and O–H groups in total. The van der Waals surface area contributed by atoms with Gasteiger partial charge in [-0.05, 0) is 30.2 Å². The van der Waals surface area contributed by atoms with Crippen LogP contribution < -0.4 is 0 Å². The highest BCUT2D eigenvalue weighted by molar-refractivity contribution is 7.09. The lowest BCUT2D eigenvalue weighted by Crippen LogP contribution is -2.00. The maximum atomic E-state index is 10.5. The van der Waals surface area contributed by atoms with Crippen molar-refractivity contribution < 1.29 is 9.90 Å². The number of carbonyl (C=O) groups is 1. The minimum absolute atomic E-state index is 0.0629. The van der Waals surface area contributed by atoms with Crippen LogP contribution in [0.15, 0.2) is 17.5 Å². The van der Waals surface area contributed by atoms with Gasteiger partial charge < -0.3 is 5.11 Å². The minimum Gasteiger partial charge on any atom is -0.481 e. The number of carboxylic acids is 1. The Labute approximate surface area is 74.8 Å². The zero-order valence-corrected chi connectivity index (χ0v) is 7.38. The fourth-order valence-electron chi connectivity index (χ4n) is 1.46. The van der Waals surface area contributed by atoms with Crippen molar-refractivity contribution >= 4 is 17.3 Å². The molecule has 1 fully saturated rings. The van der Waals surface area contributed by atoms with Crippen molar-refractivity contribution in [1.29, 1.82) is 0 Å². The maximum Gasteiger partial charge on any atom is 0.306 e. The lowest BCUT2D eigenvalue weighted by atomic mass is 10.2. The molecular formula is C9H10O2S. The second-order valence-corrected chi connectivity index (χ2v) is 4.26. The van der Waals surface area contributed by atoms with Gasteiger partial charge in [-0.15, -0.1) is 11.3 Å². The van der Waals surface area contributed by atoms with Gasteiger partial charge in [0.15, 0.2) is 0 Å². The van der Waals surface area contributed by atoms with Crippen LogP contribution in [0.4, 0.5) is 0 Å². The standard InChI is InChI=1S/C9H10O2S/c10-9(11)8-5-6(8)4-7-2-1-3-12-7/h1-3,6,8H,4-5H2,(H,10,11). The summed E-state index contributed by atoms with van der Waals surface area (Å²) in [7, 11) is 0. The number of hydrogen-bond acceptors (Lipinski definition) is 2. The molecular weight excluding hydrogens is 172 g/mol. The van der Waals surface area contributed by atoms with Gasteiger partial charge >= 0.3 is 5.97 Å². The van der Waals surface area contributed by atoms with E-state index in [-0.39, 0.29) is 5.92 Å². The Morgan fingerprint density at radius 1 is 1.75 bits per heavy atom. The highest BCUT2D eigenvalue weighted by atomic mass is 32.1. The summed E-state index contributed by atoms with van der Waals surface area (Å²) in [4.78, 5) is 11.8. The lowest BCUT2D eigenvalue weighted by molar-refractivity contribution is -0.138. The van der Waals surface area contributed by atoms with E-state index < -0.39 is 5.97 Å². The zero-order chi connectivity index (χ0) is 8.55. The normalized spacial score (nSPS) is 27.0. The zero-order valence-electron chi connectivity index (χ0n) is 6.56. The molecule has 1 aliphatic carbocycles. The number of thiophene rings is 1. The second-order valence-electron chi connectivity index (χ2n) is 3.22. The Kier molecular flexibility index (Phi) is 1.89. The third kappa shape index (κ3) is 1.50. The van der Waals surface area contributed by atoms with Crippen LogP contribution in [0.2, 0.25) is 0 Å². The van der Waals surface area contributed by atoms with Crippen LogP contribution in [0.3, 0.4) is 0 Å². The molecule has 2 atom stereocenters. The summed E-state index contributed by atoms with van der Waals surface area (Å²) in [6.45, 7) is 0. The SMILES string of the molecule is O=C(O)C1CC1Cc1cccs1. The molecule has 0 aromatic carbocycles. The van der Waals surface area contributed by atoms with Crippen LogP contribution in [-0.2, 0) is 11.2 Å². The molecule has 1 saturated carbocycles. The molecule has 1 aliphatic rings. The molecule has 0 bridgehead atoms. The average Bonchev–Trinajstić information content (AvgIpc) is 2.57. The summed E-state index contributed by atoms with van der Waals surface area (Å²) in [5, 5.41) is 10.7. The van der Waals surface area contributed by atoms with Crippen molar-refractivity contribution in [1.82, 2.24) is 0 Å². The summed E-state index contributed by atoms with van der Waals surface area (Å²) in [6.07, 6.45) is 1.82. The molecule has 0 spiro atoms. The Morgan fingerprint density at radius 2 is 2.58 bits per heavy atom. The van der Waals surface area contributed by atoms with Crippen LogP contribution in [0, 0.1) is 11.8 Å². The quantitative estimate of drug-likeness (QED) is 0.776. The second kappa shape index (κ2) is 2.90. The highest BCUT2D eigenvalue weighted by Gasteiger charge is 2.42. The number of aliphatic carboxylic acids is 1. The van der Waals surface area contributed by atoms with E-state index in [1.807, 2.05) is 11.4 Å². The largest absolute Gasteiger partial charge is 0.481 e. The van der Waals surface area contributed by atoms with Crippen molar-refractivity contribution in [3.8, 4) is 0 Å². The monoisotopic (exact) mass is 182 g/mol. The molecule has 2 rings (SSSR count). The smallest absolute Gasteiger partial charge is 0.306 e. The molecule has 0 aliphatic heterocycles. The van der Waals surface area contributed by atoms with Gasteiger partial charge in [0, 0.05) is 4.88 Å². The van der Waals surface area contributed by atoms with Crippen LogP contribution in [0.25, 0.3) is 0 Å². The van der Waals surface area contributed by atoms with Crippen LogP contribution in [0.5, 0.6) is 0 Å². The van der Waals surface area contributed by atoms with Gasteiger partial charge in [0.1, 0.15) is 0 Å². The van der Waals surface area contributed by atoms with Crippen molar-refractivity contribution in [3.63, 3.8) is 0 Å². The first-order valence-electron chi connectivity index (χ1n) is 4.02. The molecule has 2 unspecified atom stereocenters. The molecule has 1 heterocycles. The van der Waals surface area contributed by atoms with Crippen molar-refractivity contribution in [2.24, 2.45) is 11.8 Å². The number of rotatable bonds is 3. The predicted octanol–water partition coefficient (Wildman–Crippen LogP) is 2.01. The molecule has 1 aromatic heterocycles. The van der Waals surface area contributed by atoms with Crippen LogP contribution >= 0.6 is 11.3 Å². The topological polar surface area (TPSA) is 37.3 Å². The average molecular weight is 182 g/mol. The van der Waals surface area contributed by atoms with E-state index in [1.165, 1.54) is 4.88 Å². The number of carboxylic acid groups (broad SMARTS) is 1. The highest BCUT2D eigenvalue weighted by Crippen LogP contribution is 2.41. The molecule has 1 aromatic rings. The molecule has 0 radical (unpaired) electrons. The first kappa shape index (κ1) is 7.80. The van der Waals surface area contributed by atoms with Crippen molar-refractivity contribution in [2.45, 2.75) is 12.8 Å². The molecule has 2 nitrogen and oxygen atoms in total. The Morgan fingerprint density at radius 3 is 3.08 bits per heavy atom. The summed E-state index contributed by atoms with van der Waals surface area (Å²) in [5.74, 6) is -0.287. The van der Waals surface area contributed by atoms with E-state index in [9.17, 15) is 4.79 Å². The van der Waals surface area contributed by atoms with E-state index in [2.05, 4.69) is 6.07 Å². The van der Waals surface area contributed by atoms with Gasteiger partial charge in [0.25, 0.3) is 0 Å². The molecule has 0 amide bonds. The van der Waals surface area contributed by atoms with Crippen LogP contribution in [-0.4, -0.2) is 11.1 Å². The Bertz CT molecular complexity index is 279. The summed E-state index contributed by atoms with van der Waals surface area (Å²) in [6, 6.07) is 4.08. The molecule has 12 heavy (non-hydrogen) atoms. The first-order chi connectivity index (χ1) is 5.77. The van der Waals surface area contributed by atoms with E-state index in [0.29, 0.717) is 5.92 Å². The lowest BCUT2D eigenvalue weighted by Gasteiger charge is -1.92. The Balaban J connectivity index is 1.88. The molecule has 3 heteroatoms. The minimum atomic E-state index is -0.628. The summed E-state index contributed by atoms with van der Waals surface area (Å²) in [5.41, 5.74) is 0. The van der Waals surface area contributed by atoms with Gasteiger partial charge in [0.05, 0.1) is 5.92 Å². The first-order valence-corrected chi connectivity index (χ1v) is 4.90. The molecule has 64 valence electrons. The van der Waals surface area contributed by atoms with E-state index in [1.54, 1.807) is 11.3 Å². The van der Waals surface area contributed by atoms with Crippen molar-refractivity contribution in [2.75, 3.05) is 0 Å². The van der Waals surface area contributed by atoms with Crippen molar-refractivity contribution in [3.05, 3.63) is 22.4 Å². The molecule has 0 saturated heterocycles. The van der Waals surface area contributed by atoms with Crippen LogP contribution in [0.1, 0.15) is 11.3 Å². The van der Waals surface area contributed by atoms with Gasteiger partial charge in [-0.1, -0.05) is 6.07 Å². The van der Waals surface area contributed by atoms with Gasteiger partial charge in [-0.25, -0.2) is 0 Å². The van der Waals surface area contributed by atoms with E-state index in [0.717, 1.165) is 12.8 Å². The van der Waals surface area contributed by atoms with Gasteiger partial charge in [-0.2, -0.15) is 0 Å². The maximum absolute atomic E-state index is 10.5. The van der Waals surface area contributed by atoms with E-state index in [4.69, 9.17) is 5.11 Å². The Hall–Kier alpha value is -0.830. The van der Waals surface area contributed by atoms with Gasteiger partial charge in [0.2, 0.25) is 0 Å². The summed E-state index contributed by atoms with van der Waals surface area (Å²) < 4.78 is 0. The third-order valence-electron chi connectivity index (χ3n) is 2.28. The fraction of sp³-hybridized carbons (Fsp3) is 0.444. The number of hydrogen-bond donors (Lipinski definition) is 1. The van der Waals surface area contributed by atoms with E-state index >= 15 is 0 Å².